The van der Waals surface area contributed by atoms with Gasteiger partial charge in [-0.05, 0) is 278 Å². The number of hydrogen-bond acceptors (Lipinski definition) is 25. The third kappa shape index (κ3) is 18.2. The number of benzene rings is 4. The second-order valence-electron chi connectivity index (χ2n) is 35.3. The van der Waals surface area contributed by atoms with Crippen LogP contribution in [-0.2, 0) is 188 Å². The molecule has 37 nitrogen and oxygen atoms in total. The average Bonchev–Trinajstić information content (AvgIpc) is 1.59. The molecule has 4 unspecified atom stereocenters. The van der Waals surface area contributed by atoms with Gasteiger partial charge in [0.15, 0.2) is 19.6 Å². The summed E-state index contributed by atoms with van der Waals surface area (Å²) in [4.78, 5) is 52.5. The van der Waals surface area contributed by atoms with E-state index in [2.05, 4.69) is 84.8 Å². The molecule has 8 aromatic rings. The predicted octanol–water partition coefficient (Wildman–Crippen LogP) is 8.36. The molecule has 0 saturated carbocycles. The van der Waals surface area contributed by atoms with Crippen molar-refractivity contribution in [2.24, 2.45) is 0 Å². The molecule has 8 aliphatic carbocycles. The van der Waals surface area contributed by atoms with Gasteiger partial charge in [-0.1, -0.05) is 24.3 Å². The average molecular weight is 1840 g/mol. The molecule has 41 heteroatoms. The summed E-state index contributed by atoms with van der Waals surface area (Å²) in [6.07, 6.45) is 28.7. The van der Waals surface area contributed by atoms with E-state index in [9.17, 15) is 52.8 Å². The molecule has 4 aromatic carbocycles. The lowest BCUT2D eigenvalue weighted by atomic mass is 9.95. The van der Waals surface area contributed by atoms with E-state index >= 15 is 0 Å². The van der Waals surface area contributed by atoms with Crippen LogP contribution in [0.2, 0.25) is 0 Å². The van der Waals surface area contributed by atoms with E-state index in [-0.39, 0.29) is 93.9 Å². The van der Waals surface area contributed by atoms with Crippen molar-refractivity contribution in [3.05, 3.63) is 138 Å². The first-order chi connectivity index (χ1) is 61.5. The monoisotopic (exact) mass is 1840 g/mol. The van der Waals surface area contributed by atoms with Gasteiger partial charge in [0.2, 0.25) is 23.5 Å². The molecule has 8 N–H and O–H groups in total. The molecular formula is C87H109N17O20S4. The van der Waals surface area contributed by atoms with Crippen molar-refractivity contribution in [2.75, 3.05) is 88.2 Å². The maximum Gasteiger partial charge on any atom is 0.333 e. The highest BCUT2D eigenvalue weighted by molar-refractivity contribution is 7.91. The summed E-state index contributed by atoms with van der Waals surface area (Å²) in [5.74, 6) is 0.505. The van der Waals surface area contributed by atoms with Crippen molar-refractivity contribution >= 4 is 87.0 Å². The molecule has 8 amide bonds. The second kappa shape index (κ2) is 36.2. The van der Waals surface area contributed by atoms with Crippen LogP contribution in [0.3, 0.4) is 0 Å². The van der Waals surface area contributed by atoms with E-state index in [4.69, 9.17) is 37.9 Å². The van der Waals surface area contributed by atoms with Crippen LogP contribution in [0.15, 0.2) is 68.6 Å². The number of aryl methyl sites for hydroxylation is 8. The molecule has 1 saturated heterocycles. The van der Waals surface area contributed by atoms with Crippen molar-refractivity contribution in [3.8, 4) is 23.5 Å². The molecule has 1 spiro atoms. The van der Waals surface area contributed by atoms with Crippen LogP contribution >= 0.6 is 0 Å². The Morgan fingerprint density at radius 3 is 0.984 bits per heavy atom. The van der Waals surface area contributed by atoms with Crippen molar-refractivity contribution in [3.63, 3.8) is 0 Å². The number of rotatable bonds is 20. The summed E-state index contributed by atoms with van der Waals surface area (Å²) in [7, 11) is -12.7. The van der Waals surface area contributed by atoms with Crippen LogP contribution in [0.5, 0.6) is 23.5 Å². The summed E-state index contributed by atoms with van der Waals surface area (Å²) in [5, 5.41) is 27.9. The summed E-state index contributed by atoms with van der Waals surface area (Å²) in [6, 6.07) is 5.98. The third-order valence-electron chi connectivity index (χ3n) is 25.9. The van der Waals surface area contributed by atoms with Gasteiger partial charge in [0, 0.05) is 42.3 Å². The van der Waals surface area contributed by atoms with Gasteiger partial charge in [-0.2, -0.15) is 20.4 Å². The smallest absolute Gasteiger partial charge is 0.333 e. The third-order valence-corrected chi connectivity index (χ3v) is 31.2. The van der Waals surface area contributed by atoms with Gasteiger partial charge in [-0.3, -0.25) is 0 Å². The summed E-state index contributed by atoms with van der Waals surface area (Å²) < 4.78 is 163. The number of sulfonamides is 4. The molecule has 21 rings (SSSR count). The van der Waals surface area contributed by atoms with Crippen LogP contribution in [-0.4, -0.2) is 199 Å². The Kier molecular flexibility index (Phi) is 24.9. The molecule has 4 aromatic heterocycles. The second-order valence-corrected chi connectivity index (χ2v) is 41.9. The van der Waals surface area contributed by atoms with Crippen molar-refractivity contribution < 1.29 is 90.7 Å². The Morgan fingerprint density at radius 1 is 0.422 bits per heavy atom. The highest BCUT2D eigenvalue weighted by Gasteiger charge is 2.46. The highest BCUT2D eigenvalue weighted by atomic mass is 32.2. The lowest BCUT2D eigenvalue weighted by Crippen LogP contribution is -2.54. The Balaban J connectivity index is 0.000000115. The van der Waals surface area contributed by atoms with Crippen LogP contribution < -0.4 is 59.1 Å². The van der Waals surface area contributed by atoms with Gasteiger partial charge in [0.1, 0.15) is 50.3 Å². The number of ether oxygens (including phenoxy) is 8. The van der Waals surface area contributed by atoms with Crippen molar-refractivity contribution in [1.29, 1.82) is 0 Å². The fraction of sp³-hybridized carbons (Fsp3) is 0.540. The first kappa shape index (κ1) is 88.2. The van der Waals surface area contributed by atoms with Crippen LogP contribution in [0.1, 0.15) is 168 Å². The van der Waals surface area contributed by atoms with Gasteiger partial charge >= 0.3 is 24.1 Å². The number of anilines is 4. The molecule has 1 fully saturated rings. The van der Waals surface area contributed by atoms with E-state index in [1.54, 1.807) is 0 Å². The summed E-state index contributed by atoms with van der Waals surface area (Å²) >= 11 is 0. The molecular weight excluding hydrogens is 1730 g/mol. The minimum atomic E-state index is -4.17. The fourth-order valence-electron chi connectivity index (χ4n) is 20.1. The molecule has 0 radical (unpaired) electrons. The number of nitrogens with one attached hydrogen (secondary N) is 8. The molecule has 5 aliphatic heterocycles. The topological polar surface area (TPSA) is 449 Å². The molecule has 13 aliphatic rings. The minimum absolute atomic E-state index is 0.0233. The molecule has 0 bridgehead atoms. The number of hydrogen-bond donors (Lipinski definition) is 8. The van der Waals surface area contributed by atoms with Crippen molar-refractivity contribution in [2.45, 2.75) is 257 Å². The minimum Gasteiger partial charge on any atom is -0.474 e. The number of carbonyl (C=O) groups is 4. The van der Waals surface area contributed by atoms with E-state index in [0.29, 0.717) is 46.0 Å². The molecule has 9 heterocycles. The number of aromatic nitrogens is 8. The molecule has 4 atom stereocenters. The van der Waals surface area contributed by atoms with Gasteiger partial charge < -0.3 is 64.1 Å². The Labute approximate surface area is 743 Å². The van der Waals surface area contributed by atoms with Gasteiger partial charge in [-0.25, -0.2) is 90.5 Å². The highest BCUT2D eigenvalue weighted by Crippen LogP contribution is 2.45. The van der Waals surface area contributed by atoms with Gasteiger partial charge in [-0.15, -0.1) is 0 Å². The maximum absolute atomic E-state index is 13.0. The number of carbonyl (C=O) groups excluding carboxylic acids is 4. The Bertz CT molecular complexity index is 6070. The van der Waals surface area contributed by atoms with E-state index in [1.165, 1.54) is 88.0 Å². The van der Waals surface area contributed by atoms with Gasteiger partial charge in [0.25, 0.3) is 40.1 Å². The zero-order chi connectivity index (χ0) is 89.1. The van der Waals surface area contributed by atoms with Crippen LogP contribution in [0.25, 0.3) is 0 Å². The number of urea groups is 4. The normalized spacial score (nSPS) is 20.2. The SMILES string of the molecule is CC(C)OC1COc2c(S(=O)(=O)NC(=O)Nc3c4c(cc5c3CCC5)CCC4)cnn2C1.CCOC1COc2c(S(=O)(=O)NC(=O)Nc3c4c(cc5c3CCC5)CCC4)cnn2C1.CN(C)CCOC1COc2c(S(=O)(=O)NC(=O)Nc3c4c(cc5c3CCC5)CCC4)cnn2C1.O=C(Nc1c2c(cc3c1CCC3)CCC2)NS(=O)(=O)c1cnn2c1OCC1(CCO1)C2. The van der Waals surface area contributed by atoms with E-state index < -0.39 is 69.8 Å². The zero-order valence-electron chi connectivity index (χ0n) is 72.4. The summed E-state index contributed by atoms with van der Waals surface area (Å²) in [6.45, 7) is 10.8. The van der Waals surface area contributed by atoms with Crippen LogP contribution in [0.4, 0.5) is 41.9 Å². The standard InChI is InChI=1S/C23H31N5O5S.C22H28N4O5S.C21H24N4O5S.C21H26N4O5S/c1-27(2)9-10-32-17-13-28-22(33-14-17)20(12-24-28)34(30,31)26-23(29)25-21-18-7-3-5-15(18)11-16-6-4-8-19(16)21;1-13(2)31-16-11-26-21(30-12-16)19(10-23-26)32(28,29)25-22(27)24-20-17-7-3-5-14(17)9-15-6-4-8-18(15)20;26-20(23-18-15-5-1-3-13(15)9-14-4-2-6-16(14)18)24-31(27,28)17-10-22-25-11-21(7-8-30-21)12-29-19(17)25;1-2-29-15-11-25-20(30-12-15)18(10-22-25)31(27,28)24-21(26)23-19-16-7-3-5-13(16)9-14-6-4-8-17(14)19/h11-12,17H,3-10,13-14H2,1-2H3,(H2,25,26,29);9-10,13,16H,3-8,11-12H2,1-2H3,(H2,24,25,27);9-10H,1-8,11-12H2,(H2,23,24,26);9-10,15H,2-8,11-12H2,1H3,(H2,23,24,26). The van der Waals surface area contributed by atoms with E-state index in [0.717, 1.165) is 234 Å². The van der Waals surface area contributed by atoms with Gasteiger partial charge in [0.05, 0.1) is 70.3 Å². The predicted molar refractivity (Wildman–Crippen MR) is 467 cm³/mol. The van der Waals surface area contributed by atoms with E-state index in [1.807, 2.05) is 39.8 Å². The zero-order valence-corrected chi connectivity index (χ0v) is 75.7. The number of nitrogens with zero attached hydrogens (tertiary/aromatic N) is 9. The first-order valence-electron chi connectivity index (χ1n) is 44.5. The Morgan fingerprint density at radius 2 is 0.703 bits per heavy atom. The lowest BCUT2D eigenvalue weighted by molar-refractivity contribution is -0.187. The number of likely N-dealkylation sites (N-methyl/N-ethyl adjacent to an activating group) is 1. The molecule has 128 heavy (non-hydrogen) atoms. The quantitative estimate of drug-likeness (QED) is 0.0355. The maximum atomic E-state index is 13.0. The first-order valence-corrected chi connectivity index (χ1v) is 50.4. The van der Waals surface area contributed by atoms with Crippen LogP contribution in [0, 0.1) is 0 Å². The summed E-state index contributed by atoms with van der Waals surface area (Å²) in [5.41, 5.74) is 22.0. The molecule has 686 valence electrons. The lowest BCUT2D eigenvalue weighted by Gasteiger charge is -2.43. The number of fused-ring (bicyclic) bond motifs is 12. The van der Waals surface area contributed by atoms with Crippen molar-refractivity contribution in [1.82, 2.24) is 62.9 Å². The number of amides is 8. The Hall–Kier alpha value is -10.4. The largest absolute Gasteiger partial charge is 0.474 e. The fourth-order valence-corrected chi connectivity index (χ4v) is 24.0.